The molecular formula is C13H16ClN3S. The van der Waals surface area contributed by atoms with Crippen molar-refractivity contribution in [3.63, 3.8) is 0 Å². The predicted octanol–water partition coefficient (Wildman–Crippen LogP) is 3.40. The van der Waals surface area contributed by atoms with Gasteiger partial charge >= 0.3 is 0 Å². The van der Waals surface area contributed by atoms with E-state index in [-0.39, 0.29) is 5.54 Å². The molecule has 0 atom stereocenters. The third-order valence-corrected chi connectivity index (χ3v) is 3.88. The molecule has 3 nitrogen and oxygen atoms in total. The van der Waals surface area contributed by atoms with E-state index in [9.17, 15) is 0 Å². The summed E-state index contributed by atoms with van der Waals surface area (Å²) >= 11 is 7.52. The summed E-state index contributed by atoms with van der Waals surface area (Å²) < 4.78 is 0. The first-order valence-electron chi connectivity index (χ1n) is 5.68. The average molecular weight is 282 g/mol. The van der Waals surface area contributed by atoms with E-state index < -0.39 is 0 Å². The van der Waals surface area contributed by atoms with Crippen LogP contribution in [0.5, 0.6) is 0 Å². The number of hydrogen-bond acceptors (Lipinski definition) is 4. The molecular weight excluding hydrogens is 266 g/mol. The Labute approximate surface area is 116 Å². The largest absolute Gasteiger partial charge is 0.375 e. The van der Waals surface area contributed by atoms with Gasteiger partial charge in [-0.2, -0.15) is 0 Å². The van der Waals surface area contributed by atoms with Crippen LogP contribution in [0.3, 0.4) is 0 Å². The summed E-state index contributed by atoms with van der Waals surface area (Å²) in [4.78, 5) is 5.17. The Morgan fingerprint density at radius 3 is 2.83 bits per heavy atom. The minimum absolute atomic E-state index is 0.149. The van der Waals surface area contributed by atoms with Gasteiger partial charge in [-0.3, -0.25) is 0 Å². The van der Waals surface area contributed by atoms with Gasteiger partial charge in [0.05, 0.1) is 0 Å². The Morgan fingerprint density at radius 2 is 2.22 bits per heavy atom. The molecule has 0 fully saturated rings. The normalized spacial score (nSPS) is 11.7. The van der Waals surface area contributed by atoms with Crippen LogP contribution in [-0.2, 0) is 12.1 Å². The van der Waals surface area contributed by atoms with Crippen molar-refractivity contribution < 1.29 is 0 Å². The molecule has 1 heterocycles. The summed E-state index contributed by atoms with van der Waals surface area (Å²) in [6.07, 6.45) is 1.81. The lowest BCUT2D eigenvalue weighted by atomic mass is 9.94. The third-order valence-electron chi connectivity index (χ3n) is 2.82. The van der Waals surface area contributed by atoms with Gasteiger partial charge in [-0.1, -0.05) is 23.7 Å². The highest BCUT2D eigenvalue weighted by Gasteiger charge is 2.20. The van der Waals surface area contributed by atoms with Crippen LogP contribution < -0.4 is 11.1 Å². The van der Waals surface area contributed by atoms with Crippen LogP contribution in [0.4, 0.5) is 5.13 Å². The molecule has 0 aliphatic carbocycles. The van der Waals surface area contributed by atoms with Crippen molar-refractivity contribution in [3.05, 3.63) is 45.9 Å². The SMILES string of the molecule is CC(C)(NCc1cnc(N)s1)c1cccc(Cl)c1. The average Bonchev–Trinajstić information content (AvgIpc) is 2.73. The number of anilines is 1. The lowest BCUT2D eigenvalue weighted by molar-refractivity contribution is 0.403. The van der Waals surface area contributed by atoms with E-state index in [1.54, 1.807) is 6.20 Å². The second-order valence-corrected chi connectivity index (χ2v) is 6.24. The maximum absolute atomic E-state index is 6.02. The van der Waals surface area contributed by atoms with Crippen molar-refractivity contribution in [1.82, 2.24) is 10.3 Å². The Morgan fingerprint density at radius 1 is 1.44 bits per heavy atom. The van der Waals surface area contributed by atoms with Crippen molar-refractivity contribution in [2.45, 2.75) is 25.9 Å². The fourth-order valence-corrected chi connectivity index (χ4v) is 2.51. The van der Waals surface area contributed by atoms with Crippen molar-refractivity contribution in [1.29, 1.82) is 0 Å². The molecule has 0 saturated heterocycles. The van der Waals surface area contributed by atoms with Crippen LogP contribution >= 0.6 is 22.9 Å². The molecule has 96 valence electrons. The van der Waals surface area contributed by atoms with E-state index in [1.807, 2.05) is 18.2 Å². The number of thiazole rings is 1. The Balaban J connectivity index is 2.07. The molecule has 0 spiro atoms. The molecule has 0 aliphatic rings. The highest BCUT2D eigenvalue weighted by molar-refractivity contribution is 7.15. The van der Waals surface area contributed by atoms with Crippen molar-refractivity contribution in [3.8, 4) is 0 Å². The Kier molecular flexibility index (Phi) is 3.90. The lowest BCUT2D eigenvalue weighted by Gasteiger charge is -2.27. The lowest BCUT2D eigenvalue weighted by Crippen LogP contribution is -2.35. The molecule has 0 radical (unpaired) electrons. The van der Waals surface area contributed by atoms with Crippen LogP contribution in [0.25, 0.3) is 0 Å². The summed E-state index contributed by atoms with van der Waals surface area (Å²) in [5.74, 6) is 0. The molecule has 2 aromatic rings. The van der Waals surface area contributed by atoms with Crippen LogP contribution in [0.2, 0.25) is 5.02 Å². The highest BCUT2D eigenvalue weighted by atomic mass is 35.5. The minimum Gasteiger partial charge on any atom is -0.375 e. The van der Waals surface area contributed by atoms with Gasteiger partial charge in [0, 0.05) is 28.2 Å². The Hall–Kier alpha value is -1.10. The maximum atomic E-state index is 6.02. The predicted molar refractivity (Wildman–Crippen MR) is 77.8 cm³/mol. The van der Waals surface area contributed by atoms with Gasteiger partial charge in [0.2, 0.25) is 0 Å². The number of benzene rings is 1. The molecule has 0 unspecified atom stereocenters. The quantitative estimate of drug-likeness (QED) is 0.903. The van der Waals surface area contributed by atoms with Gasteiger partial charge in [-0.25, -0.2) is 4.98 Å². The van der Waals surface area contributed by atoms with Crippen LogP contribution in [-0.4, -0.2) is 4.98 Å². The zero-order valence-electron chi connectivity index (χ0n) is 10.4. The summed E-state index contributed by atoms with van der Waals surface area (Å²) in [5, 5.41) is 4.85. The number of rotatable bonds is 4. The second-order valence-electron chi connectivity index (χ2n) is 4.65. The summed E-state index contributed by atoms with van der Waals surface area (Å²) in [7, 11) is 0. The van der Waals surface area contributed by atoms with E-state index in [0.29, 0.717) is 5.13 Å². The molecule has 0 aliphatic heterocycles. The zero-order chi connectivity index (χ0) is 13.2. The topological polar surface area (TPSA) is 50.9 Å². The van der Waals surface area contributed by atoms with Gasteiger partial charge in [0.1, 0.15) is 0 Å². The highest BCUT2D eigenvalue weighted by Crippen LogP contribution is 2.24. The maximum Gasteiger partial charge on any atom is 0.180 e. The van der Waals surface area contributed by atoms with E-state index >= 15 is 0 Å². The van der Waals surface area contributed by atoms with Gasteiger partial charge in [-0.15, -0.1) is 11.3 Å². The van der Waals surface area contributed by atoms with Crippen molar-refractivity contribution in [2.24, 2.45) is 0 Å². The van der Waals surface area contributed by atoms with E-state index in [4.69, 9.17) is 17.3 Å². The Bertz CT molecular complexity index is 537. The monoisotopic (exact) mass is 281 g/mol. The van der Waals surface area contributed by atoms with Gasteiger partial charge in [0.25, 0.3) is 0 Å². The van der Waals surface area contributed by atoms with Crippen LogP contribution in [0.15, 0.2) is 30.5 Å². The first-order chi connectivity index (χ1) is 8.47. The van der Waals surface area contributed by atoms with E-state index in [1.165, 1.54) is 11.3 Å². The van der Waals surface area contributed by atoms with Crippen LogP contribution in [0.1, 0.15) is 24.3 Å². The molecule has 1 aromatic carbocycles. The van der Waals surface area contributed by atoms with Crippen LogP contribution in [0, 0.1) is 0 Å². The number of aromatic nitrogens is 1. The summed E-state index contributed by atoms with van der Waals surface area (Å²) in [6, 6.07) is 7.90. The summed E-state index contributed by atoms with van der Waals surface area (Å²) in [6.45, 7) is 5.00. The van der Waals surface area contributed by atoms with Gasteiger partial charge in [0.15, 0.2) is 5.13 Å². The summed E-state index contributed by atoms with van der Waals surface area (Å²) in [5.41, 5.74) is 6.62. The molecule has 1 aromatic heterocycles. The fraction of sp³-hybridized carbons (Fsp3) is 0.308. The number of nitrogens with zero attached hydrogens (tertiary/aromatic N) is 1. The first kappa shape index (κ1) is 13.3. The van der Waals surface area contributed by atoms with Gasteiger partial charge < -0.3 is 11.1 Å². The van der Waals surface area contributed by atoms with E-state index in [0.717, 1.165) is 22.0 Å². The first-order valence-corrected chi connectivity index (χ1v) is 6.88. The molecule has 0 saturated carbocycles. The standard InChI is InChI=1S/C13H16ClN3S/c1-13(2,9-4-3-5-10(14)6-9)17-8-11-7-16-12(15)18-11/h3-7,17H,8H2,1-2H3,(H2,15,16). The molecule has 0 amide bonds. The molecule has 0 bridgehead atoms. The van der Waals surface area contributed by atoms with E-state index in [2.05, 4.69) is 30.2 Å². The molecule has 3 N–H and O–H groups in total. The zero-order valence-corrected chi connectivity index (χ0v) is 12.0. The smallest absolute Gasteiger partial charge is 0.180 e. The molecule has 18 heavy (non-hydrogen) atoms. The third kappa shape index (κ3) is 3.22. The fourth-order valence-electron chi connectivity index (χ4n) is 1.69. The minimum atomic E-state index is -0.149. The second kappa shape index (κ2) is 5.26. The molecule has 2 rings (SSSR count). The van der Waals surface area contributed by atoms with Gasteiger partial charge in [-0.05, 0) is 31.5 Å². The number of nitrogen functional groups attached to an aromatic ring is 1. The van der Waals surface area contributed by atoms with Crippen molar-refractivity contribution in [2.75, 3.05) is 5.73 Å². The molecule has 5 heteroatoms. The number of halogens is 1. The number of nitrogens with one attached hydrogen (secondary N) is 1. The van der Waals surface area contributed by atoms with Crippen molar-refractivity contribution >= 4 is 28.1 Å². The number of nitrogens with two attached hydrogens (primary N) is 1. The number of hydrogen-bond donors (Lipinski definition) is 2.